The lowest BCUT2D eigenvalue weighted by atomic mass is 9.81. The number of aliphatic hydroxyl groups is 3. The highest BCUT2D eigenvalue weighted by Gasteiger charge is 2.40. The lowest BCUT2D eigenvalue weighted by Crippen LogP contribution is -2.39. The predicted molar refractivity (Wildman–Crippen MR) is 148 cm³/mol. The molecule has 1 aliphatic carbocycles. The summed E-state index contributed by atoms with van der Waals surface area (Å²) >= 11 is 0. The number of benzene rings is 3. The van der Waals surface area contributed by atoms with Gasteiger partial charge in [0.1, 0.15) is 0 Å². The molecule has 1 radical (unpaired) electrons. The third kappa shape index (κ3) is 6.19. The van der Waals surface area contributed by atoms with Crippen LogP contribution in [0.5, 0.6) is 5.75 Å². The zero-order valence-electron chi connectivity index (χ0n) is 23.6. The standard InChI is InChI=1S/C31H27F3NO10/c1-43-25(12-36)21-9-14-8-19-20(28(41)17-5-3-2-4-16(17)27(19)40)11-18(14)29(45-35-30(42)31(32,33)34)26(21)24-7-6-22(38)23(39)10-15(37)13-44-24/h2-5,8-9,11-12,15,22-24,37-39H,6-7,10,13H2,1H3,(H,35,42)/t15-,22+,23-,24+/m1/s1. The Kier molecular flexibility index (Phi) is 9.05. The van der Waals surface area contributed by atoms with Crippen LogP contribution in [0, 0.1) is 6.10 Å². The molecule has 5 rings (SSSR count). The zero-order valence-corrected chi connectivity index (χ0v) is 23.6. The fourth-order valence-electron chi connectivity index (χ4n) is 5.55. The lowest BCUT2D eigenvalue weighted by molar-refractivity contribution is -0.180. The van der Waals surface area contributed by atoms with E-state index in [1.165, 1.54) is 35.8 Å². The van der Waals surface area contributed by atoms with Crippen molar-refractivity contribution in [1.82, 2.24) is 5.48 Å². The van der Waals surface area contributed by atoms with Gasteiger partial charge in [-0.25, -0.2) is 0 Å². The van der Waals surface area contributed by atoms with Gasteiger partial charge in [0, 0.05) is 52.3 Å². The molecule has 0 spiro atoms. The van der Waals surface area contributed by atoms with Crippen LogP contribution in [0.3, 0.4) is 0 Å². The van der Waals surface area contributed by atoms with Crippen LogP contribution in [0.2, 0.25) is 0 Å². The number of nitrogens with one attached hydrogen (secondary N) is 1. The van der Waals surface area contributed by atoms with Crippen LogP contribution in [-0.2, 0) is 19.1 Å². The van der Waals surface area contributed by atoms with Crippen molar-refractivity contribution in [2.24, 2.45) is 0 Å². The van der Waals surface area contributed by atoms with E-state index < -0.39 is 60.4 Å². The van der Waals surface area contributed by atoms with Crippen molar-refractivity contribution in [1.29, 1.82) is 0 Å². The van der Waals surface area contributed by atoms with Gasteiger partial charge in [-0.3, -0.25) is 19.2 Å². The number of ether oxygens (including phenoxy) is 2. The third-order valence-corrected chi connectivity index (χ3v) is 7.76. The molecule has 1 heterocycles. The maximum atomic E-state index is 13.5. The number of alkyl halides is 3. The smallest absolute Gasteiger partial charge is 0.391 e. The third-order valence-electron chi connectivity index (χ3n) is 7.76. The van der Waals surface area contributed by atoms with Crippen molar-refractivity contribution < 1.29 is 62.0 Å². The number of halogens is 3. The van der Waals surface area contributed by atoms with Gasteiger partial charge in [-0.2, -0.15) is 18.7 Å². The van der Waals surface area contributed by atoms with Crippen molar-refractivity contribution in [3.8, 4) is 5.75 Å². The molecular formula is C31H27F3NO10. The van der Waals surface area contributed by atoms with E-state index in [9.17, 15) is 47.7 Å². The number of rotatable bonds is 6. The Balaban J connectivity index is 1.78. The number of hydrogen-bond acceptors (Lipinski definition) is 10. The topological polar surface area (TPSA) is 169 Å². The van der Waals surface area contributed by atoms with Crippen LogP contribution < -0.4 is 10.3 Å². The van der Waals surface area contributed by atoms with E-state index in [1.807, 2.05) is 0 Å². The van der Waals surface area contributed by atoms with E-state index in [0.29, 0.717) is 6.29 Å². The van der Waals surface area contributed by atoms with E-state index in [1.54, 1.807) is 12.1 Å². The zero-order chi connectivity index (χ0) is 32.6. The molecule has 0 bridgehead atoms. The van der Waals surface area contributed by atoms with E-state index in [2.05, 4.69) is 0 Å². The van der Waals surface area contributed by atoms with Crippen LogP contribution >= 0.6 is 0 Å². The number of hydrogen-bond donors (Lipinski definition) is 4. The quantitative estimate of drug-likeness (QED) is 0.184. The van der Waals surface area contributed by atoms with Crippen LogP contribution in [0.1, 0.15) is 68.3 Å². The molecule has 11 nitrogen and oxygen atoms in total. The Labute approximate surface area is 253 Å². The Morgan fingerprint density at radius 3 is 2.22 bits per heavy atom. The molecule has 4 atom stereocenters. The summed E-state index contributed by atoms with van der Waals surface area (Å²) in [5.74, 6) is -3.99. The van der Waals surface area contributed by atoms with Gasteiger partial charge >= 0.3 is 12.1 Å². The van der Waals surface area contributed by atoms with Crippen molar-refractivity contribution in [3.63, 3.8) is 0 Å². The van der Waals surface area contributed by atoms with E-state index in [4.69, 9.17) is 14.3 Å². The molecule has 1 saturated heterocycles. The Bertz CT molecular complexity index is 1670. The molecule has 2 aliphatic rings. The average Bonchev–Trinajstić information content (AvgIpc) is 3.07. The molecule has 1 fully saturated rings. The van der Waals surface area contributed by atoms with Gasteiger partial charge in [0.05, 0.1) is 31.0 Å². The van der Waals surface area contributed by atoms with Crippen LogP contribution in [0.15, 0.2) is 42.5 Å². The number of fused-ring (bicyclic) bond motifs is 3. The number of ketones is 2. The molecule has 0 unspecified atom stereocenters. The van der Waals surface area contributed by atoms with Gasteiger partial charge in [0.2, 0.25) is 0 Å². The minimum Gasteiger partial charge on any atom is -0.391 e. The van der Waals surface area contributed by atoms with Crippen LogP contribution in [0.25, 0.3) is 10.8 Å². The first-order valence-corrected chi connectivity index (χ1v) is 13.7. The molecular weight excluding hydrogens is 603 g/mol. The summed E-state index contributed by atoms with van der Waals surface area (Å²) in [7, 11) is 1.16. The first-order valence-electron chi connectivity index (χ1n) is 13.7. The fourth-order valence-corrected chi connectivity index (χ4v) is 5.55. The van der Waals surface area contributed by atoms with Gasteiger partial charge < -0.3 is 29.6 Å². The Morgan fingerprint density at radius 2 is 1.62 bits per heavy atom. The highest BCUT2D eigenvalue weighted by molar-refractivity contribution is 6.29. The largest absolute Gasteiger partial charge is 0.474 e. The Morgan fingerprint density at radius 1 is 0.978 bits per heavy atom. The molecule has 237 valence electrons. The van der Waals surface area contributed by atoms with E-state index >= 15 is 0 Å². The number of aliphatic hydroxyl groups excluding tert-OH is 3. The van der Waals surface area contributed by atoms with Gasteiger partial charge in [-0.05, 0) is 36.4 Å². The number of hydroxylamine groups is 1. The molecule has 14 heteroatoms. The normalized spacial score (nSPS) is 22.2. The minimum absolute atomic E-state index is 0.0147. The lowest BCUT2D eigenvalue weighted by Gasteiger charge is -2.27. The first-order chi connectivity index (χ1) is 21.3. The summed E-state index contributed by atoms with van der Waals surface area (Å²) in [5.41, 5.74) is 1.30. The van der Waals surface area contributed by atoms with Crippen molar-refractivity contribution in [2.75, 3.05) is 13.7 Å². The molecule has 1 aliphatic heterocycles. The molecule has 3 aromatic carbocycles. The summed E-state index contributed by atoms with van der Waals surface area (Å²) in [4.78, 5) is 56.2. The summed E-state index contributed by atoms with van der Waals surface area (Å²) < 4.78 is 50.8. The summed E-state index contributed by atoms with van der Waals surface area (Å²) in [6, 6.07) is 10.0. The van der Waals surface area contributed by atoms with E-state index in [-0.39, 0.29) is 69.5 Å². The van der Waals surface area contributed by atoms with Gasteiger partial charge in [-0.15, -0.1) is 0 Å². The maximum absolute atomic E-state index is 13.5. The number of amides is 1. The molecule has 4 N–H and O–H groups in total. The van der Waals surface area contributed by atoms with Gasteiger partial charge in [0.15, 0.2) is 29.7 Å². The maximum Gasteiger partial charge on any atom is 0.474 e. The molecule has 3 aromatic rings. The number of methoxy groups -OCH3 is 1. The van der Waals surface area contributed by atoms with Gasteiger partial charge in [-0.1, -0.05) is 24.3 Å². The highest BCUT2D eigenvalue weighted by Crippen LogP contribution is 2.44. The number of carbonyl (C=O) groups excluding carboxylic acids is 4. The summed E-state index contributed by atoms with van der Waals surface area (Å²) in [6.45, 7) is -0.405. The second kappa shape index (κ2) is 12.7. The number of aldehydes is 1. The second-order valence-electron chi connectivity index (χ2n) is 10.6. The Hall–Kier alpha value is -4.21. The minimum atomic E-state index is -5.36. The summed E-state index contributed by atoms with van der Waals surface area (Å²) in [6.07, 6.45) is -11.0. The van der Waals surface area contributed by atoms with Crippen LogP contribution in [0.4, 0.5) is 13.2 Å². The van der Waals surface area contributed by atoms with Crippen molar-refractivity contribution in [2.45, 2.75) is 49.9 Å². The average molecular weight is 631 g/mol. The first kappa shape index (κ1) is 32.2. The van der Waals surface area contributed by atoms with Gasteiger partial charge in [0.25, 0.3) is 0 Å². The molecule has 0 aromatic heterocycles. The SMILES string of the molecule is CO[C](C=O)c1cc2cc3c(cc2c(ONC(=O)C(F)(F)F)c1[C@@H]1CC[C@H](O)[C@H](O)C[C@@H](O)CO1)C(=O)c1ccccc1C3=O. The van der Waals surface area contributed by atoms with Crippen LogP contribution in [-0.4, -0.2) is 77.3 Å². The fraction of sp³-hybridized carbons (Fsp3) is 0.323. The molecule has 45 heavy (non-hydrogen) atoms. The monoisotopic (exact) mass is 630 g/mol. The van der Waals surface area contributed by atoms with Crippen molar-refractivity contribution >= 4 is 34.5 Å². The second-order valence-corrected chi connectivity index (χ2v) is 10.6. The summed E-state index contributed by atoms with van der Waals surface area (Å²) in [5, 5.41) is 31.1. The van der Waals surface area contributed by atoms with Crippen molar-refractivity contribution in [3.05, 3.63) is 81.9 Å². The number of carbonyl (C=O) groups is 4. The predicted octanol–water partition coefficient (Wildman–Crippen LogP) is 2.64. The highest BCUT2D eigenvalue weighted by atomic mass is 19.4. The molecule has 1 amide bonds. The molecule has 0 saturated carbocycles. The van der Waals surface area contributed by atoms with E-state index in [0.717, 1.165) is 7.11 Å².